The van der Waals surface area contributed by atoms with E-state index >= 15 is 0 Å². The first-order chi connectivity index (χ1) is 18.9. The summed E-state index contributed by atoms with van der Waals surface area (Å²) >= 11 is 0. The monoisotopic (exact) mass is 480 g/mol. The lowest BCUT2D eigenvalue weighted by molar-refractivity contribution is 1.69. The van der Waals surface area contributed by atoms with Crippen LogP contribution in [-0.4, -0.2) is 0 Å². The molecule has 176 valence electrons. The molecule has 0 amide bonds. The topological polar surface area (TPSA) is 0 Å². The van der Waals surface area contributed by atoms with Crippen molar-refractivity contribution in [1.82, 2.24) is 0 Å². The van der Waals surface area contributed by atoms with Gasteiger partial charge in [0.1, 0.15) is 0 Å². The van der Waals surface area contributed by atoms with Crippen LogP contribution in [0.3, 0.4) is 0 Å². The van der Waals surface area contributed by atoms with Crippen molar-refractivity contribution in [2.45, 2.75) is 0 Å². The van der Waals surface area contributed by atoms with E-state index in [1.807, 2.05) is 0 Å². The quantitative estimate of drug-likeness (QED) is 0.216. The average molecular weight is 481 g/mol. The maximum absolute atomic E-state index is 2.32. The molecule has 0 spiro atoms. The maximum atomic E-state index is 2.32. The van der Waals surface area contributed by atoms with Crippen LogP contribution in [0.5, 0.6) is 0 Å². The van der Waals surface area contributed by atoms with Crippen molar-refractivity contribution in [2.75, 3.05) is 0 Å². The third-order valence-corrected chi connectivity index (χ3v) is 8.01. The second-order valence-electron chi connectivity index (χ2n) is 10.1. The van der Waals surface area contributed by atoms with E-state index in [0.717, 1.165) is 0 Å². The maximum Gasteiger partial charge on any atom is -0.00139 e. The Morgan fingerprint density at radius 3 is 1.16 bits per heavy atom. The highest BCUT2D eigenvalue weighted by Gasteiger charge is 2.20. The molecule has 0 aliphatic rings. The number of hydrogen-bond acceptors (Lipinski definition) is 0. The minimum absolute atomic E-state index is 1.27. The Morgan fingerprint density at radius 1 is 0.237 bits per heavy atom. The first kappa shape index (κ1) is 21.2. The Labute approximate surface area is 221 Å². The van der Waals surface area contributed by atoms with Crippen LogP contribution < -0.4 is 0 Å². The van der Waals surface area contributed by atoms with Crippen LogP contribution in [0.1, 0.15) is 0 Å². The summed E-state index contributed by atoms with van der Waals surface area (Å²) < 4.78 is 0. The molecule has 0 fully saturated rings. The molecule has 0 aromatic heterocycles. The van der Waals surface area contributed by atoms with Gasteiger partial charge in [-0.25, -0.2) is 0 Å². The lowest BCUT2D eigenvalue weighted by Crippen LogP contribution is -1.93. The Morgan fingerprint density at radius 2 is 0.605 bits per heavy atom. The van der Waals surface area contributed by atoms with E-state index in [-0.39, 0.29) is 0 Å². The molecular weight excluding hydrogens is 456 g/mol. The highest BCUT2D eigenvalue weighted by Crippen LogP contribution is 2.48. The largest absolute Gasteiger partial charge is 0.0616 e. The molecule has 0 saturated heterocycles. The summed E-state index contributed by atoms with van der Waals surface area (Å²) in [6, 6.07) is 53.3. The number of benzene rings is 8. The first-order valence-electron chi connectivity index (χ1n) is 13.2. The molecule has 0 aliphatic heterocycles. The van der Waals surface area contributed by atoms with Crippen LogP contribution in [0.4, 0.5) is 0 Å². The highest BCUT2D eigenvalue weighted by molar-refractivity contribution is 6.28. The molecule has 0 heteroatoms. The van der Waals surface area contributed by atoms with Gasteiger partial charge in [-0.15, -0.1) is 0 Å². The second kappa shape index (κ2) is 8.30. The Hall–Kier alpha value is -4.94. The van der Waals surface area contributed by atoms with Crippen molar-refractivity contribution >= 4 is 53.9 Å². The lowest BCUT2D eigenvalue weighted by Gasteiger charge is -2.21. The number of rotatable bonds is 2. The minimum Gasteiger partial charge on any atom is -0.0616 e. The fourth-order valence-electron chi connectivity index (χ4n) is 6.41. The summed E-state index contributed by atoms with van der Waals surface area (Å²) in [7, 11) is 0. The van der Waals surface area contributed by atoms with Crippen molar-refractivity contribution in [2.24, 2.45) is 0 Å². The zero-order valence-corrected chi connectivity index (χ0v) is 20.9. The van der Waals surface area contributed by atoms with Crippen molar-refractivity contribution in [3.05, 3.63) is 146 Å². The van der Waals surface area contributed by atoms with Gasteiger partial charge in [-0.2, -0.15) is 0 Å². The molecule has 0 bridgehead atoms. The molecule has 8 rings (SSSR count). The zero-order chi connectivity index (χ0) is 25.1. The summed E-state index contributed by atoms with van der Waals surface area (Å²) in [4.78, 5) is 0. The van der Waals surface area contributed by atoms with Crippen molar-refractivity contribution < 1.29 is 0 Å². The molecule has 0 saturated carbocycles. The van der Waals surface area contributed by atoms with Crippen molar-refractivity contribution in [1.29, 1.82) is 0 Å². The van der Waals surface area contributed by atoms with Crippen LogP contribution in [0, 0.1) is 0 Å². The standard InChI is InChI=1S/C38H24/c1-4-16-28-25(12-1)15-11-23-31(28)36-32-19-7-9-21-34(32)38(35-22-10-8-20-33(35)36)37-29-17-5-2-13-26(29)24-27-14-3-6-18-30(27)37/h1-24H. The average Bonchev–Trinajstić information content (AvgIpc) is 2.99. The normalized spacial score (nSPS) is 11.7. The van der Waals surface area contributed by atoms with Gasteiger partial charge >= 0.3 is 0 Å². The molecule has 0 unspecified atom stereocenters. The third kappa shape index (κ3) is 3.04. The molecule has 38 heavy (non-hydrogen) atoms. The molecule has 0 radical (unpaired) electrons. The van der Waals surface area contributed by atoms with Crippen LogP contribution in [0.15, 0.2) is 146 Å². The summed E-state index contributed by atoms with van der Waals surface area (Å²) in [6.07, 6.45) is 0. The summed E-state index contributed by atoms with van der Waals surface area (Å²) in [5.74, 6) is 0. The van der Waals surface area contributed by atoms with Gasteiger partial charge in [-0.1, -0.05) is 140 Å². The molecule has 8 aromatic rings. The molecule has 8 aromatic carbocycles. The van der Waals surface area contributed by atoms with E-state index in [1.54, 1.807) is 0 Å². The van der Waals surface area contributed by atoms with Gasteiger partial charge in [-0.3, -0.25) is 0 Å². The highest BCUT2D eigenvalue weighted by atomic mass is 14.2. The van der Waals surface area contributed by atoms with E-state index in [9.17, 15) is 0 Å². The summed E-state index contributed by atoms with van der Waals surface area (Å²) in [6.45, 7) is 0. The van der Waals surface area contributed by atoms with Gasteiger partial charge in [0.05, 0.1) is 0 Å². The summed E-state index contributed by atoms with van der Waals surface area (Å²) in [5.41, 5.74) is 5.22. The fourth-order valence-corrected chi connectivity index (χ4v) is 6.41. The third-order valence-electron chi connectivity index (χ3n) is 8.01. The Balaban J connectivity index is 1.63. The van der Waals surface area contributed by atoms with E-state index in [4.69, 9.17) is 0 Å². The minimum atomic E-state index is 1.27. The molecule has 0 N–H and O–H groups in total. The molecule has 0 atom stereocenters. The molecule has 0 heterocycles. The SMILES string of the molecule is c1ccc2c(-c3c4ccccc4c(-c4c5ccccc5cc5ccccc45)c4ccccc34)cccc2c1. The zero-order valence-electron chi connectivity index (χ0n) is 20.9. The van der Waals surface area contributed by atoms with Gasteiger partial charge in [-0.05, 0) is 82.2 Å². The molecule has 0 aliphatic carbocycles. The van der Waals surface area contributed by atoms with E-state index < -0.39 is 0 Å². The van der Waals surface area contributed by atoms with Gasteiger partial charge in [0.2, 0.25) is 0 Å². The van der Waals surface area contributed by atoms with E-state index in [2.05, 4.69) is 146 Å². The van der Waals surface area contributed by atoms with E-state index in [1.165, 1.54) is 76.1 Å². The number of hydrogen-bond donors (Lipinski definition) is 0. The van der Waals surface area contributed by atoms with Crippen LogP contribution >= 0.6 is 0 Å². The van der Waals surface area contributed by atoms with Crippen LogP contribution in [-0.2, 0) is 0 Å². The van der Waals surface area contributed by atoms with E-state index in [0.29, 0.717) is 0 Å². The second-order valence-corrected chi connectivity index (χ2v) is 10.1. The van der Waals surface area contributed by atoms with Gasteiger partial charge in [0.15, 0.2) is 0 Å². The number of fused-ring (bicyclic) bond motifs is 5. The first-order valence-corrected chi connectivity index (χ1v) is 13.2. The van der Waals surface area contributed by atoms with Crippen molar-refractivity contribution in [3.63, 3.8) is 0 Å². The van der Waals surface area contributed by atoms with Crippen LogP contribution in [0.25, 0.3) is 76.1 Å². The van der Waals surface area contributed by atoms with Crippen molar-refractivity contribution in [3.8, 4) is 22.3 Å². The van der Waals surface area contributed by atoms with Crippen LogP contribution in [0.2, 0.25) is 0 Å². The lowest BCUT2D eigenvalue weighted by atomic mass is 9.82. The fraction of sp³-hybridized carbons (Fsp3) is 0. The molecule has 0 nitrogen and oxygen atoms in total. The predicted molar refractivity (Wildman–Crippen MR) is 165 cm³/mol. The Kier molecular flexibility index (Phi) is 4.62. The van der Waals surface area contributed by atoms with Gasteiger partial charge in [0, 0.05) is 0 Å². The smallest absolute Gasteiger partial charge is 0.00139 e. The Bertz CT molecular complexity index is 2070. The molecular formula is C38H24. The summed E-state index contributed by atoms with van der Waals surface area (Å²) in [5, 5.41) is 12.8. The van der Waals surface area contributed by atoms with Gasteiger partial charge < -0.3 is 0 Å². The van der Waals surface area contributed by atoms with Gasteiger partial charge in [0.25, 0.3) is 0 Å². The predicted octanol–water partition coefficient (Wildman–Crippen LogP) is 10.8.